The number of amidine groups is 1. The van der Waals surface area contributed by atoms with E-state index in [0.717, 1.165) is 16.7 Å². The van der Waals surface area contributed by atoms with Gasteiger partial charge >= 0.3 is 0 Å². The van der Waals surface area contributed by atoms with E-state index in [4.69, 9.17) is 28.9 Å². The zero-order valence-electron chi connectivity index (χ0n) is 14.5. The number of benzene rings is 2. The third-order valence-corrected chi connectivity index (χ3v) is 5.66. The molecule has 0 saturated heterocycles. The molecule has 0 aliphatic carbocycles. The second kappa shape index (κ2) is 8.34. The number of anilines is 1. The Morgan fingerprint density at radius 2 is 1.96 bits per heavy atom. The Morgan fingerprint density at radius 1 is 1.25 bits per heavy atom. The van der Waals surface area contributed by atoms with Crippen LogP contribution in [-0.2, 0) is 9.59 Å². The van der Waals surface area contributed by atoms with Crippen molar-refractivity contribution in [3.63, 3.8) is 0 Å². The van der Waals surface area contributed by atoms with E-state index in [1.54, 1.807) is 31.2 Å². The Bertz CT molecular complexity index is 1030. The van der Waals surface area contributed by atoms with Crippen LogP contribution in [0.3, 0.4) is 0 Å². The second-order valence-electron chi connectivity index (χ2n) is 5.85. The Balaban J connectivity index is 2.05. The number of carbonyl (C=O) groups excluding carboxylic acids is 2. The minimum Gasteiger partial charge on any atom is -0.369 e. The van der Waals surface area contributed by atoms with Gasteiger partial charge in [0.15, 0.2) is 5.17 Å². The minimum atomic E-state index is -0.662. The topological polar surface area (TPSA) is 75.8 Å². The first-order chi connectivity index (χ1) is 13.3. The molecule has 0 saturated carbocycles. The van der Waals surface area contributed by atoms with Crippen LogP contribution < -0.4 is 10.6 Å². The largest absolute Gasteiger partial charge is 0.369 e. The molecule has 2 aromatic rings. The van der Waals surface area contributed by atoms with Gasteiger partial charge in [-0.25, -0.2) is 9.38 Å². The molecule has 0 bridgehead atoms. The number of carbonyl (C=O) groups is 2. The number of aliphatic imine (C=N–C) groups is 1. The first-order valence-corrected chi connectivity index (χ1v) is 9.72. The molecule has 2 N–H and O–H groups in total. The molecule has 2 aromatic carbocycles. The van der Waals surface area contributed by atoms with Gasteiger partial charge in [-0.05, 0) is 42.8 Å². The molecule has 0 aromatic heterocycles. The molecule has 3 rings (SSSR count). The summed E-state index contributed by atoms with van der Waals surface area (Å²) in [4.78, 5) is 29.8. The summed E-state index contributed by atoms with van der Waals surface area (Å²) < 4.78 is 14.3. The van der Waals surface area contributed by atoms with Crippen molar-refractivity contribution in [3.8, 4) is 0 Å². The molecular formula is C19H14Cl2FN3O2S. The Hall–Kier alpha value is -2.35. The second-order valence-corrected chi connectivity index (χ2v) is 7.97. The number of primary amides is 1. The van der Waals surface area contributed by atoms with Crippen LogP contribution in [0.5, 0.6) is 0 Å². The maximum absolute atomic E-state index is 14.3. The molecule has 1 heterocycles. The lowest BCUT2D eigenvalue weighted by Gasteiger charge is -2.19. The lowest BCUT2D eigenvalue weighted by Crippen LogP contribution is -2.34. The van der Waals surface area contributed by atoms with E-state index in [9.17, 15) is 14.0 Å². The highest BCUT2D eigenvalue weighted by molar-refractivity contribution is 8.15. The van der Waals surface area contributed by atoms with Gasteiger partial charge in [-0.1, -0.05) is 53.2 Å². The summed E-state index contributed by atoms with van der Waals surface area (Å²) in [5, 5.41) is 0.204. The van der Waals surface area contributed by atoms with Crippen molar-refractivity contribution < 1.29 is 14.0 Å². The molecule has 0 radical (unpaired) electrons. The van der Waals surface area contributed by atoms with Crippen LogP contribution in [0.15, 0.2) is 53.2 Å². The van der Waals surface area contributed by atoms with E-state index >= 15 is 0 Å². The monoisotopic (exact) mass is 437 g/mol. The fourth-order valence-electron chi connectivity index (χ4n) is 2.40. The Labute approximate surface area is 175 Å². The van der Waals surface area contributed by atoms with Gasteiger partial charge < -0.3 is 5.73 Å². The van der Waals surface area contributed by atoms with Gasteiger partial charge in [0.1, 0.15) is 11.5 Å². The molecule has 0 spiro atoms. The van der Waals surface area contributed by atoms with Crippen LogP contribution in [0.2, 0.25) is 10.0 Å². The van der Waals surface area contributed by atoms with Gasteiger partial charge in [0, 0.05) is 0 Å². The van der Waals surface area contributed by atoms with E-state index in [2.05, 4.69) is 4.99 Å². The number of hydrogen-bond donors (Lipinski definition) is 1. The minimum absolute atomic E-state index is 0.0351. The summed E-state index contributed by atoms with van der Waals surface area (Å²) in [6, 6.07) is 10.7. The van der Waals surface area contributed by atoms with Crippen LogP contribution in [0.4, 0.5) is 10.1 Å². The molecular weight excluding hydrogens is 424 g/mol. The fourth-order valence-corrected chi connectivity index (χ4v) is 3.57. The average Bonchev–Trinajstić information content (AvgIpc) is 2.94. The number of hydrogen-bond acceptors (Lipinski definition) is 4. The number of amides is 2. The maximum atomic E-state index is 14.3. The van der Waals surface area contributed by atoms with Crippen molar-refractivity contribution >= 4 is 63.7 Å². The lowest BCUT2D eigenvalue weighted by atomic mass is 10.2. The number of halogens is 3. The van der Waals surface area contributed by atoms with E-state index in [1.807, 2.05) is 0 Å². The molecule has 9 heteroatoms. The SMILES string of the molecule is CC(SC1=NC(=Cc2ccc(Cl)c(Cl)c2)C(=O)N1c1ccccc1F)C(N)=O. The van der Waals surface area contributed by atoms with Crippen molar-refractivity contribution in [2.45, 2.75) is 12.2 Å². The van der Waals surface area contributed by atoms with Gasteiger partial charge in [0.2, 0.25) is 5.91 Å². The summed E-state index contributed by atoms with van der Waals surface area (Å²) >= 11 is 12.9. The molecule has 0 fully saturated rings. The summed E-state index contributed by atoms with van der Waals surface area (Å²) in [5.41, 5.74) is 6.02. The summed E-state index contributed by atoms with van der Waals surface area (Å²) in [5.74, 6) is -1.70. The predicted octanol–water partition coefficient (Wildman–Crippen LogP) is 4.48. The Kier molecular flexibility index (Phi) is 6.07. The number of nitrogens with two attached hydrogens (primary N) is 1. The quantitative estimate of drug-likeness (QED) is 0.716. The number of thioether (sulfide) groups is 1. The van der Waals surface area contributed by atoms with Crippen molar-refractivity contribution in [1.82, 2.24) is 0 Å². The van der Waals surface area contributed by atoms with Crippen molar-refractivity contribution in [3.05, 3.63) is 69.6 Å². The summed E-state index contributed by atoms with van der Waals surface area (Å²) in [7, 11) is 0. The van der Waals surface area contributed by atoms with Crippen molar-refractivity contribution in [2.24, 2.45) is 10.7 Å². The first-order valence-electron chi connectivity index (χ1n) is 8.08. The van der Waals surface area contributed by atoms with Crippen molar-refractivity contribution in [2.75, 3.05) is 4.90 Å². The van der Waals surface area contributed by atoms with E-state index in [0.29, 0.717) is 15.6 Å². The van der Waals surface area contributed by atoms with Gasteiger partial charge in [-0.3, -0.25) is 14.5 Å². The first kappa shape index (κ1) is 20.4. The molecule has 1 atom stereocenters. The zero-order chi connectivity index (χ0) is 20.4. The van der Waals surface area contributed by atoms with Gasteiger partial charge in [0.25, 0.3) is 5.91 Å². The molecule has 1 aliphatic rings. The number of para-hydroxylation sites is 1. The smallest absolute Gasteiger partial charge is 0.283 e. The molecule has 1 unspecified atom stereocenters. The fraction of sp³-hybridized carbons (Fsp3) is 0.105. The normalized spacial score (nSPS) is 16.4. The van der Waals surface area contributed by atoms with Crippen LogP contribution in [0.25, 0.3) is 6.08 Å². The predicted molar refractivity (Wildman–Crippen MR) is 112 cm³/mol. The van der Waals surface area contributed by atoms with Crippen LogP contribution in [-0.4, -0.2) is 22.2 Å². The highest BCUT2D eigenvalue weighted by atomic mass is 35.5. The van der Waals surface area contributed by atoms with Gasteiger partial charge in [0.05, 0.1) is 21.0 Å². The van der Waals surface area contributed by atoms with Gasteiger partial charge in [-0.2, -0.15) is 0 Å². The van der Waals surface area contributed by atoms with E-state index < -0.39 is 22.9 Å². The highest BCUT2D eigenvalue weighted by Crippen LogP contribution is 2.33. The maximum Gasteiger partial charge on any atom is 0.283 e. The summed E-state index contributed by atoms with van der Waals surface area (Å²) in [6.45, 7) is 1.58. The van der Waals surface area contributed by atoms with Crippen LogP contribution in [0, 0.1) is 5.82 Å². The average molecular weight is 438 g/mol. The molecule has 1 aliphatic heterocycles. The van der Waals surface area contributed by atoms with Crippen molar-refractivity contribution in [1.29, 1.82) is 0 Å². The van der Waals surface area contributed by atoms with Gasteiger partial charge in [-0.15, -0.1) is 0 Å². The summed E-state index contributed by atoms with van der Waals surface area (Å²) in [6.07, 6.45) is 1.51. The van der Waals surface area contributed by atoms with E-state index in [1.165, 1.54) is 24.3 Å². The Morgan fingerprint density at radius 3 is 2.61 bits per heavy atom. The lowest BCUT2D eigenvalue weighted by molar-refractivity contribution is -0.117. The standard InChI is InChI=1S/C19H14Cl2FN3O2S/c1-10(17(23)26)28-19-24-15(9-11-6-7-12(20)13(21)8-11)18(27)25(19)16-5-3-2-4-14(16)22/h2-10H,1H3,(H2,23,26). The molecule has 5 nitrogen and oxygen atoms in total. The van der Waals surface area contributed by atoms with Crippen LogP contribution in [0.1, 0.15) is 12.5 Å². The highest BCUT2D eigenvalue weighted by Gasteiger charge is 2.35. The van der Waals surface area contributed by atoms with E-state index in [-0.39, 0.29) is 16.6 Å². The molecule has 144 valence electrons. The molecule has 2 amide bonds. The zero-order valence-corrected chi connectivity index (χ0v) is 16.9. The van der Waals surface area contributed by atoms with Crippen LogP contribution >= 0.6 is 35.0 Å². The number of nitrogens with zero attached hydrogens (tertiary/aromatic N) is 2. The molecule has 28 heavy (non-hydrogen) atoms. The third-order valence-electron chi connectivity index (χ3n) is 3.85. The third kappa shape index (κ3) is 4.22. The number of rotatable bonds is 4.